The number of fused-ring (bicyclic) bond motifs is 1. The number of hydrogen-bond donors (Lipinski definition) is 0. The molecule has 0 unspecified atom stereocenters. The zero-order chi connectivity index (χ0) is 13.3. The Morgan fingerprint density at radius 2 is 1.61 bits per heavy atom. The van der Waals surface area contributed by atoms with Crippen LogP contribution in [0.4, 0.5) is 0 Å². The summed E-state index contributed by atoms with van der Waals surface area (Å²) in [6.45, 7) is 8.14. The first-order valence-electron chi connectivity index (χ1n) is 5.71. The minimum absolute atomic E-state index is 0.931. The summed E-state index contributed by atoms with van der Waals surface area (Å²) in [5, 5.41) is 2.50. The highest BCUT2D eigenvalue weighted by Crippen LogP contribution is 2.33. The molecule has 0 atom stereocenters. The summed E-state index contributed by atoms with van der Waals surface area (Å²) in [5.74, 6) is 0. The number of halogens is 2. The Kier molecular flexibility index (Phi) is 4.08. The molecule has 92 valence electrons. The van der Waals surface area contributed by atoms with Gasteiger partial charge in [-0.05, 0) is 53.5 Å². The zero-order valence-corrected chi connectivity index (χ0v) is 13.6. The highest BCUT2D eigenvalue weighted by atomic mass is 79.9. The second-order valence-corrected chi connectivity index (χ2v) is 6.15. The lowest BCUT2D eigenvalue weighted by atomic mass is 9.99. The summed E-state index contributed by atoms with van der Waals surface area (Å²) >= 11 is 7.10. The summed E-state index contributed by atoms with van der Waals surface area (Å²) in [6, 6.07) is 12.8. The van der Waals surface area contributed by atoms with Gasteiger partial charge in [0.25, 0.3) is 0 Å². The van der Waals surface area contributed by atoms with Crippen molar-refractivity contribution in [1.29, 1.82) is 0 Å². The van der Waals surface area contributed by atoms with E-state index >= 15 is 0 Å². The standard InChI is InChI=1S/C16H14Br2/c1-10(12(3)17)11(2)15-8-13-6-4-5-7-14(13)9-16(15)18/h4-9H,3H2,1-2H3/b11-10+. The summed E-state index contributed by atoms with van der Waals surface area (Å²) in [5.41, 5.74) is 3.62. The van der Waals surface area contributed by atoms with Crippen molar-refractivity contribution in [1.82, 2.24) is 0 Å². The van der Waals surface area contributed by atoms with Gasteiger partial charge in [-0.1, -0.05) is 62.7 Å². The van der Waals surface area contributed by atoms with Gasteiger partial charge in [-0.2, -0.15) is 0 Å². The van der Waals surface area contributed by atoms with Gasteiger partial charge in [-0.15, -0.1) is 0 Å². The summed E-state index contributed by atoms with van der Waals surface area (Å²) in [4.78, 5) is 0. The minimum Gasteiger partial charge on any atom is -0.0845 e. The fraction of sp³-hybridized carbons (Fsp3) is 0.125. The molecule has 2 rings (SSSR count). The van der Waals surface area contributed by atoms with Crippen molar-refractivity contribution in [2.24, 2.45) is 0 Å². The number of rotatable bonds is 2. The predicted octanol–water partition coefficient (Wildman–Crippen LogP) is 6.30. The predicted molar refractivity (Wildman–Crippen MR) is 88.0 cm³/mol. The molecule has 0 nitrogen and oxygen atoms in total. The van der Waals surface area contributed by atoms with Crippen molar-refractivity contribution in [3.8, 4) is 0 Å². The molecule has 0 spiro atoms. The van der Waals surface area contributed by atoms with E-state index < -0.39 is 0 Å². The van der Waals surface area contributed by atoms with Crippen molar-refractivity contribution in [2.75, 3.05) is 0 Å². The first kappa shape index (κ1) is 13.6. The third kappa shape index (κ3) is 2.60. The van der Waals surface area contributed by atoms with Crippen LogP contribution in [0.3, 0.4) is 0 Å². The SMILES string of the molecule is C=C(Br)/C(C)=C(\C)c1cc2ccccc2cc1Br. The second kappa shape index (κ2) is 5.41. The van der Waals surface area contributed by atoms with Crippen molar-refractivity contribution < 1.29 is 0 Å². The average molecular weight is 366 g/mol. The monoisotopic (exact) mass is 364 g/mol. The van der Waals surface area contributed by atoms with E-state index in [4.69, 9.17) is 0 Å². The fourth-order valence-corrected chi connectivity index (χ4v) is 2.86. The quantitative estimate of drug-likeness (QED) is 0.547. The summed E-state index contributed by atoms with van der Waals surface area (Å²) < 4.78 is 2.05. The molecular weight excluding hydrogens is 352 g/mol. The van der Waals surface area contributed by atoms with E-state index in [1.807, 2.05) is 0 Å². The molecule has 2 aromatic rings. The Labute approximate surface area is 125 Å². The van der Waals surface area contributed by atoms with E-state index in [1.54, 1.807) is 0 Å². The normalized spacial score (nSPS) is 12.4. The Bertz CT molecular complexity index is 651. The summed E-state index contributed by atoms with van der Waals surface area (Å²) in [7, 11) is 0. The number of benzene rings is 2. The van der Waals surface area contributed by atoms with Crippen LogP contribution in [0, 0.1) is 0 Å². The lowest BCUT2D eigenvalue weighted by molar-refractivity contribution is 1.45. The highest BCUT2D eigenvalue weighted by Gasteiger charge is 2.08. The molecule has 2 aromatic carbocycles. The van der Waals surface area contributed by atoms with E-state index in [0.717, 1.165) is 8.96 Å². The van der Waals surface area contributed by atoms with Crippen molar-refractivity contribution >= 4 is 48.2 Å². The van der Waals surface area contributed by atoms with Crippen LogP contribution in [0.15, 0.2) is 57.5 Å². The largest absolute Gasteiger partial charge is 0.0845 e. The van der Waals surface area contributed by atoms with Gasteiger partial charge in [0.1, 0.15) is 0 Å². The molecule has 0 radical (unpaired) electrons. The minimum atomic E-state index is 0.931. The van der Waals surface area contributed by atoms with Crippen LogP contribution in [0.2, 0.25) is 0 Å². The van der Waals surface area contributed by atoms with E-state index in [9.17, 15) is 0 Å². The van der Waals surface area contributed by atoms with Crippen LogP contribution < -0.4 is 0 Å². The Morgan fingerprint density at radius 3 is 2.17 bits per heavy atom. The summed E-state index contributed by atoms with van der Waals surface area (Å²) in [6.07, 6.45) is 0. The van der Waals surface area contributed by atoms with Crippen LogP contribution in [0.1, 0.15) is 19.4 Å². The third-order valence-electron chi connectivity index (χ3n) is 3.21. The smallest absolute Gasteiger partial charge is 0.0256 e. The molecule has 0 aliphatic heterocycles. The van der Waals surface area contributed by atoms with E-state index in [1.165, 1.54) is 27.5 Å². The molecule has 0 aliphatic rings. The first-order chi connectivity index (χ1) is 8.50. The van der Waals surface area contributed by atoms with Crippen molar-refractivity contribution in [3.63, 3.8) is 0 Å². The molecule has 0 saturated heterocycles. The van der Waals surface area contributed by atoms with Crippen LogP contribution in [0.5, 0.6) is 0 Å². The zero-order valence-electron chi connectivity index (χ0n) is 10.4. The third-order valence-corrected chi connectivity index (χ3v) is 4.46. The van der Waals surface area contributed by atoms with Gasteiger partial charge in [0.05, 0.1) is 0 Å². The molecule has 0 aliphatic carbocycles. The molecule has 0 heterocycles. The van der Waals surface area contributed by atoms with Gasteiger partial charge in [-0.3, -0.25) is 0 Å². The molecule has 0 fully saturated rings. The number of allylic oxidation sites excluding steroid dienone is 3. The lowest BCUT2D eigenvalue weighted by Gasteiger charge is -2.11. The van der Waals surface area contributed by atoms with Gasteiger partial charge in [0.15, 0.2) is 0 Å². The van der Waals surface area contributed by atoms with Gasteiger partial charge in [0.2, 0.25) is 0 Å². The Morgan fingerprint density at radius 1 is 1.06 bits per heavy atom. The second-order valence-electron chi connectivity index (χ2n) is 4.33. The number of hydrogen-bond acceptors (Lipinski definition) is 0. The molecule has 0 aromatic heterocycles. The molecule has 0 N–H and O–H groups in total. The van der Waals surface area contributed by atoms with E-state index in [-0.39, 0.29) is 0 Å². The van der Waals surface area contributed by atoms with Gasteiger partial charge in [0, 0.05) is 8.96 Å². The molecule has 0 bridgehead atoms. The van der Waals surface area contributed by atoms with Crippen molar-refractivity contribution in [3.05, 3.63) is 63.1 Å². The average Bonchev–Trinajstić information content (AvgIpc) is 2.36. The highest BCUT2D eigenvalue weighted by molar-refractivity contribution is 9.12. The lowest BCUT2D eigenvalue weighted by Crippen LogP contribution is -1.88. The molecule has 18 heavy (non-hydrogen) atoms. The van der Waals surface area contributed by atoms with E-state index in [0.29, 0.717) is 0 Å². The molecular formula is C16H14Br2. The maximum absolute atomic E-state index is 3.94. The molecule has 0 amide bonds. The van der Waals surface area contributed by atoms with Gasteiger partial charge < -0.3 is 0 Å². The molecule has 2 heteroatoms. The maximum Gasteiger partial charge on any atom is 0.0256 e. The van der Waals surface area contributed by atoms with Crippen molar-refractivity contribution in [2.45, 2.75) is 13.8 Å². The maximum atomic E-state index is 3.94. The molecule has 0 saturated carbocycles. The topological polar surface area (TPSA) is 0 Å². The van der Waals surface area contributed by atoms with Crippen LogP contribution in [-0.2, 0) is 0 Å². The van der Waals surface area contributed by atoms with Crippen LogP contribution in [-0.4, -0.2) is 0 Å². The van der Waals surface area contributed by atoms with Gasteiger partial charge >= 0.3 is 0 Å². The van der Waals surface area contributed by atoms with E-state index in [2.05, 4.69) is 88.7 Å². The van der Waals surface area contributed by atoms with Crippen LogP contribution >= 0.6 is 31.9 Å². The Balaban J connectivity index is 2.69. The Hall–Kier alpha value is -0.860. The van der Waals surface area contributed by atoms with Crippen LogP contribution in [0.25, 0.3) is 16.3 Å². The fourth-order valence-electron chi connectivity index (χ4n) is 1.91. The first-order valence-corrected chi connectivity index (χ1v) is 7.30. The van der Waals surface area contributed by atoms with Gasteiger partial charge in [-0.25, -0.2) is 0 Å².